The molecule has 1 unspecified atom stereocenters. The molecule has 0 bridgehead atoms. The maximum Gasteiger partial charge on any atom is 0.322 e. The molecule has 0 radical (unpaired) electrons. The van der Waals surface area contributed by atoms with E-state index in [0.29, 0.717) is 17.2 Å². The first kappa shape index (κ1) is 15.1. The molecule has 0 saturated heterocycles. The van der Waals surface area contributed by atoms with E-state index in [2.05, 4.69) is 5.32 Å². The largest absolute Gasteiger partial charge is 0.454 e. The molecule has 23 heavy (non-hydrogen) atoms. The van der Waals surface area contributed by atoms with Crippen molar-refractivity contribution in [3.63, 3.8) is 0 Å². The number of benzene rings is 2. The molecule has 0 fully saturated rings. The van der Waals surface area contributed by atoms with Gasteiger partial charge in [-0.25, -0.2) is 9.18 Å². The molecule has 0 spiro atoms. The second-order valence-corrected chi connectivity index (χ2v) is 5.34. The van der Waals surface area contributed by atoms with Crippen LogP contribution in [0.4, 0.5) is 14.9 Å². The number of halogens is 1. The summed E-state index contributed by atoms with van der Waals surface area (Å²) in [6.45, 7) is 2.07. The quantitative estimate of drug-likeness (QED) is 0.937. The van der Waals surface area contributed by atoms with E-state index in [1.807, 2.05) is 6.92 Å². The van der Waals surface area contributed by atoms with E-state index in [4.69, 9.17) is 9.47 Å². The van der Waals surface area contributed by atoms with Gasteiger partial charge in [0.25, 0.3) is 0 Å². The van der Waals surface area contributed by atoms with Gasteiger partial charge < -0.3 is 19.7 Å². The van der Waals surface area contributed by atoms with Crippen LogP contribution in [0.3, 0.4) is 0 Å². The maximum absolute atomic E-state index is 13.0. The number of anilines is 1. The van der Waals surface area contributed by atoms with Gasteiger partial charge in [-0.15, -0.1) is 0 Å². The van der Waals surface area contributed by atoms with Crippen LogP contribution in [0.2, 0.25) is 0 Å². The number of hydrogen-bond donors (Lipinski definition) is 1. The topological polar surface area (TPSA) is 50.8 Å². The smallest absolute Gasteiger partial charge is 0.322 e. The Morgan fingerprint density at radius 1 is 1.17 bits per heavy atom. The third kappa shape index (κ3) is 3.21. The molecule has 0 aliphatic carbocycles. The third-order valence-electron chi connectivity index (χ3n) is 3.88. The normalized spacial score (nSPS) is 13.5. The van der Waals surface area contributed by atoms with Crippen molar-refractivity contribution >= 4 is 11.7 Å². The van der Waals surface area contributed by atoms with Gasteiger partial charge in [0, 0.05) is 18.8 Å². The van der Waals surface area contributed by atoms with Crippen molar-refractivity contribution in [3.05, 3.63) is 53.8 Å². The third-order valence-corrected chi connectivity index (χ3v) is 3.88. The zero-order valence-corrected chi connectivity index (χ0v) is 12.9. The van der Waals surface area contributed by atoms with Crippen molar-refractivity contribution in [2.24, 2.45) is 0 Å². The molecule has 2 aromatic rings. The molecule has 6 heteroatoms. The number of nitrogens with zero attached hydrogens (tertiary/aromatic N) is 1. The van der Waals surface area contributed by atoms with Crippen LogP contribution in [-0.4, -0.2) is 24.8 Å². The zero-order chi connectivity index (χ0) is 16.4. The van der Waals surface area contributed by atoms with E-state index in [0.717, 1.165) is 5.56 Å². The second-order valence-electron chi connectivity index (χ2n) is 5.34. The van der Waals surface area contributed by atoms with Crippen LogP contribution in [0.1, 0.15) is 18.5 Å². The highest BCUT2D eigenvalue weighted by molar-refractivity contribution is 5.89. The number of amides is 2. The molecule has 2 aromatic carbocycles. The van der Waals surface area contributed by atoms with Gasteiger partial charge in [-0.2, -0.15) is 0 Å². The first-order valence-electron chi connectivity index (χ1n) is 7.23. The van der Waals surface area contributed by atoms with Gasteiger partial charge in [0.1, 0.15) is 5.82 Å². The summed E-state index contributed by atoms with van der Waals surface area (Å²) in [5.41, 5.74) is 1.48. The van der Waals surface area contributed by atoms with E-state index in [1.165, 1.54) is 12.1 Å². The Balaban J connectivity index is 1.68. The maximum atomic E-state index is 13.0. The monoisotopic (exact) mass is 316 g/mol. The minimum Gasteiger partial charge on any atom is -0.454 e. The molecule has 1 heterocycles. The number of fused-ring (bicyclic) bond motifs is 1. The summed E-state index contributed by atoms with van der Waals surface area (Å²) in [6, 6.07) is 10.9. The van der Waals surface area contributed by atoms with Gasteiger partial charge in [-0.05, 0) is 36.8 Å². The van der Waals surface area contributed by atoms with Gasteiger partial charge in [-0.1, -0.05) is 12.1 Å². The zero-order valence-electron chi connectivity index (χ0n) is 12.9. The molecule has 1 aliphatic rings. The fourth-order valence-electron chi connectivity index (χ4n) is 2.33. The molecule has 3 rings (SSSR count). The lowest BCUT2D eigenvalue weighted by Gasteiger charge is -2.25. The molecule has 1 atom stereocenters. The Morgan fingerprint density at radius 3 is 2.61 bits per heavy atom. The number of hydrogen-bond acceptors (Lipinski definition) is 3. The SMILES string of the molecule is CC(c1ccc(F)cc1)N(C)C(=O)Nc1ccc2c(c1)OCO2. The Bertz CT molecular complexity index is 718. The average Bonchev–Trinajstić information content (AvgIpc) is 3.01. The number of urea groups is 1. The highest BCUT2D eigenvalue weighted by Crippen LogP contribution is 2.34. The van der Waals surface area contributed by atoms with Crippen LogP contribution in [0.5, 0.6) is 11.5 Å². The molecular formula is C17H17FN2O3. The minimum atomic E-state index is -0.298. The van der Waals surface area contributed by atoms with Crippen molar-refractivity contribution in [2.75, 3.05) is 19.2 Å². The Labute approximate surface area is 133 Å². The number of nitrogens with one attached hydrogen (secondary N) is 1. The Hall–Kier alpha value is -2.76. The van der Waals surface area contributed by atoms with Crippen LogP contribution in [0.15, 0.2) is 42.5 Å². The van der Waals surface area contributed by atoms with Crippen molar-refractivity contribution < 1.29 is 18.7 Å². The number of carbonyl (C=O) groups excluding carboxylic acids is 1. The molecule has 1 aliphatic heterocycles. The lowest BCUT2D eigenvalue weighted by Crippen LogP contribution is -2.33. The average molecular weight is 316 g/mol. The van der Waals surface area contributed by atoms with Crippen LogP contribution < -0.4 is 14.8 Å². The van der Waals surface area contributed by atoms with Gasteiger partial charge in [0.2, 0.25) is 6.79 Å². The molecule has 1 N–H and O–H groups in total. The molecular weight excluding hydrogens is 299 g/mol. The summed E-state index contributed by atoms with van der Waals surface area (Å²) >= 11 is 0. The summed E-state index contributed by atoms with van der Waals surface area (Å²) in [6.07, 6.45) is 0. The van der Waals surface area contributed by atoms with Gasteiger partial charge in [-0.3, -0.25) is 0 Å². The van der Waals surface area contributed by atoms with Gasteiger partial charge in [0.15, 0.2) is 11.5 Å². The summed E-state index contributed by atoms with van der Waals surface area (Å²) < 4.78 is 23.5. The van der Waals surface area contributed by atoms with E-state index in [9.17, 15) is 9.18 Å². The molecule has 2 amide bonds. The lowest BCUT2D eigenvalue weighted by molar-refractivity contribution is 0.174. The van der Waals surface area contributed by atoms with Gasteiger partial charge in [0.05, 0.1) is 6.04 Å². The first-order chi connectivity index (χ1) is 11.0. The second kappa shape index (κ2) is 6.16. The number of carbonyl (C=O) groups is 1. The number of ether oxygens (including phenoxy) is 2. The van der Waals surface area contributed by atoms with E-state index < -0.39 is 0 Å². The molecule has 5 nitrogen and oxygen atoms in total. The standard InChI is InChI=1S/C17H17FN2O3/c1-11(12-3-5-13(18)6-4-12)20(2)17(21)19-14-7-8-15-16(9-14)23-10-22-15/h3-9,11H,10H2,1-2H3,(H,19,21). The predicted octanol–water partition coefficient (Wildman–Crippen LogP) is 3.78. The highest BCUT2D eigenvalue weighted by atomic mass is 19.1. The number of rotatable bonds is 3. The van der Waals surface area contributed by atoms with Crippen molar-refractivity contribution in [1.29, 1.82) is 0 Å². The van der Waals surface area contributed by atoms with Crippen LogP contribution in [-0.2, 0) is 0 Å². The summed E-state index contributed by atoms with van der Waals surface area (Å²) in [4.78, 5) is 13.9. The van der Waals surface area contributed by atoms with Crippen molar-refractivity contribution in [1.82, 2.24) is 4.90 Å². The summed E-state index contributed by atoms with van der Waals surface area (Å²) in [5.74, 6) is 0.974. The fraction of sp³-hybridized carbons (Fsp3) is 0.235. The predicted molar refractivity (Wildman–Crippen MR) is 84.2 cm³/mol. The highest BCUT2D eigenvalue weighted by Gasteiger charge is 2.19. The van der Waals surface area contributed by atoms with Crippen LogP contribution in [0.25, 0.3) is 0 Å². The lowest BCUT2D eigenvalue weighted by atomic mass is 10.1. The van der Waals surface area contributed by atoms with E-state index in [1.54, 1.807) is 42.3 Å². The molecule has 0 aromatic heterocycles. The Morgan fingerprint density at radius 2 is 1.87 bits per heavy atom. The minimum absolute atomic E-state index is 0.189. The molecule has 120 valence electrons. The van der Waals surface area contributed by atoms with Crippen molar-refractivity contribution in [2.45, 2.75) is 13.0 Å². The Kier molecular flexibility index (Phi) is 4.06. The van der Waals surface area contributed by atoms with Gasteiger partial charge >= 0.3 is 6.03 Å². The van der Waals surface area contributed by atoms with Crippen LogP contribution in [0, 0.1) is 5.82 Å². The van der Waals surface area contributed by atoms with E-state index >= 15 is 0 Å². The van der Waals surface area contributed by atoms with E-state index in [-0.39, 0.29) is 24.7 Å². The van der Waals surface area contributed by atoms with Crippen LogP contribution >= 0.6 is 0 Å². The fourth-order valence-corrected chi connectivity index (χ4v) is 2.33. The first-order valence-corrected chi connectivity index (χ1v) is 7.23. The van der Waals surface area contributed by atoms with Crippen molar-refractivity contribution in [3.8, 4) is 11.5 Å². The molecule has 0 saturated carbocycles. The summed E-state index contributed by atoms with van der Waals surface area (Å²) in [5, 5.41) is 2.81. The summed E-state index contributed by atoms with van der Waals surface area (Å²) in [7, 11) is 1.69.